The Bertz CT molecular complexity index is 524. The van der Waals surface area contributed by atoms with Crippen molar-refractivity contribution >= 4 is 5.96 Å². The zero-order valence-corrected chi connectivity index (χ0v) is 11.4. The zero-order chi connectivity index (χ0) is 15.0. The fourth-order valence-corrected chi connectivity index (χ4v) is 2.80. The molecule has 5 atom stereocenters. The first kappa shape index (κ1) is 14.3. The summed E-state index contributed by atoms with van der Waals surface area (Å²) in [4.78, 5) is 5.69. The molecule has 1 aromatic carbocycles. The summed E-state index contributed by atoms with van der Waals surface area (Å²) in [6, 6.07) is 9.16. The second-order valence-corrected chi connectivity index (χ2v) is 5.36. The van der Waals surface area contributed by atoms with E-state index in [0.29, 0.717) is 12.5 Å². The number of guanidine groups is 1. The molecule has 1 saturated heterocycles. The van der Waals surface area contributed by atoms with Crippen LogP contribution in [0.4, 0.5) is 0 Å². The number of aliphatic hydroxyl groups is 4. The van der Waals surface area contributed by atoms with Crippen molar-refractivity contribution in [3.63, 3.8) is 0 Å². The Morgan fingerprint density at radius 2 is 1.76 bits per heavy atom. The molecule has 3 rings (SSSR count). The van der Waals surface area contributed by atoms with E-state index in [0.717, 1.165) is 5.56 Å². The summed E-state index contributed by atoms with van der Waals surface area (Å²) in [5.74, 6) is 0.418. The van der Waals surface area contributed by atoms with Crippen LogP contribution in [0.1, 0.15) is 5.56 Å². The quantitative estimate of drug-likeness (QED) is 0.442. The van der Waals surface area contributed by atoms with Crippen molar-refractivity contribution in [3.05, 3.63) is 35.9 Å². The number of piperidine rings is 1. The summed E-state index contributed by atoms with van der Waals surface area (Å²) in [6.07, 6.45) is -5.25. The number of aliphatic hydroxyl groups excluding tert-OH is 4. The molecule has 1 aromatic rings. The van der Waals surface area contributed by atoms with Gasteiger partial charge in [-0.05, 0) is 5.56 Å². The first-order valence-corrected chi connectivity index (χ1v) is 6.92. The Balaban J connectivity index is 1.70. The Labute approximate surface area is 122 Å². The minimum atomic E-state index is -1.43. The number of nitrogens with zero attached hydrogens (tertiary/aromatic N) is 2. The predicted octanol–water partition coefficient (Wildman–Crippen LogP) is -1.77. The van der Waals surface area contributed by atoms with Crippen LogP contribution in [0.2, 0.25) is 0 Å². The maximum atomic E-state index is 10.1. The monoisotopic (exact) mass is 293 g/mol. The zero-order valence-electron chi connectivity index (χ0n) is 11.4. The van der Waals surface area contributed by atoms with Gasteiger partial charge in [-0.1, -0.05) is 30.3 Å². The first-order chi connectivity index (χ1) is 10.1. The van der Waals surface area contributed by atoms with Crippen molar-refractivity contribution in [1.82, 2.24) is 10.2 Å². The number of rotatable bonds is 2. The molecule has 0 radical (unpaired) electrons. The van der Waals surface area contributed by atoms with Gasteiger partial charge >= 0.3 is 0 Å². The smallest absolute Gasteiger partial charge is 0.196 e. The number of hydrogen-bond acceptors (Lipinski definition) is 7. The van der Waals surface area contributed by atoms with E-state index >= 15 is 0 Å². The molecule has 0 aliphatic carbocycles. The van der Waals surface area contributed by atoms with Gasteiger partial charge in [-0.15, -0.1) is 0 Å². The standard InChI is InChI=1S/C14H19N3O4/c18-10-9-7-16-14(15-6-8-4-2-1-3-5-8)17(9)13(21)12(20)11(10)19/h1-5,9-13,18-21H,6-7H2,(H,15,16)/t9-,10+,11+,12-,13-/m1/s1. The molecule has 1 fully saturated rings. The Morgan fingerprint density at radius 1 is 1.05 bits per heavy atom. The van der Waals surface area contributed by atoms with Gasteiger partial charge in [-0.3, -0.25) is 4.99 Å². The summed E-state index contributed by atoms with van der Waals surface area (Å²) >= 11 is 0. The van der Waals surface area contributed by atoms with E-state index in [-0.39, 0.29) is 6.54 Å². The van der Waals surface area contributed by atoms with E-state index in [9.17, 15) is 20.4 Å². The molecule has 7 heteroatoms. The Morgan fingerprint density at radius 3 is 2.48 bits per heavy atom. The van der Waals surface area contributed by atoms with Crippen LogP contribution >= 0.6 is 0 Å². The van der Waals surface area contributed by atoms with Gasteiger partial charge in [0.15, 0.2) is 12.2 Å². The SMILES string of the molecule is O[C@@H]1[C@@H](O)[C@@H](O)N2C(NCc3ccccc3)=NC[C@@H]2[C@@H]1O. The summed E-state index contributed by atoms with van der Waals surface area (Å²) in [6.45, 7) is 0.781. The van der Waals surface area contributed by atoms with E-state index in [1.54, 1.807) is 0 Å². The van der Waals surface area contributed by atoms with Crippen LogP contribution in [0.5, 0.6) is 0 Å². The van der Waals surface area contributed by atoms with Crippen molar-refractivity contribution in [3.8, 4) is 0 Å². The maximum absolute atomic E-state index is 10.1. The third-order valence-electron chi connectivity index (χ3n) is 4.01. The predicted molar refractivity (Wildman–Crippen MR) is 75.2 cm³/mol. The minimum absolute atomic E-state index is 0.263. The number of nitrogens with one attached hydrogen (secondary N) is 1. The molecule has 0 aromatic heterocycles. The first-order valence-electron chi connectivity index (χ1n) is 6.92. The highest BCUT2D eigenvalue weighted by Crippen LogP contribution is 2.27. The van der Waals surface area contributed by atoms with E-state index in [1.165, 1.54) is 4.90 Å². The molecule has 0 spiro atoms. The van der Waals surface area contributed by atoms with E-state index in [2.05, 4.69) is 10.3 Å². The third kappa shape index (κ3) is 2.49. The van der Waals surface area contributed by atoms with Gasteiger partial charge in [-0.2, -0.15) is 0 Å². The minimum Gasteiger partial charge on any atom is -0.388 e. The average molecular weight is 293 g/mol. The van der Waals surface area contributed by atoms with Gasteiger partial charge in [0.05, 0.1) is 12.6 Å². The van der Waals surface area contributed by atoms with Crippen LogP contribution in [0.3, 0.4) is 0 Å². The summed E-state index contributed by atoms with van der Waals surface area (Å²) in [5, 5.41) is 42.6. The average Bonchev–Trinajstić information content (AvgIpc) is 2.94. The van der Waals surface area contributed by atoms with Crippen LogP contribution in [-0.4, -0.2) is 68.4 Å². The van der Waals surface area contributed by atoms with Gasteiger partial charge in [0, 0.05) is 6.54 Å². The third-order valence-corrected chi connectivity index (χ3v) is 4.01. The molecule has 0 amide bonds. The summed E-state index contributed by atoms with van der Waals surface area (Å²) in [7, 11) is 0. The van der Waals surface area contributed by atoms with E-state index in [4.69, 9.17) is 0 Å². The molecular formula is C14H19N3O4. The van der Waals surface area contributed by atoms with Gasteiger partial charge in [0.2, 0.25) is 0 Å². The molecule has 21 heavy (non-hydrogen) atoms. The lowest BCUT2D eigenvalue weighted by Gasteiger charge is -2.44. The molecule has 2 aliphatic heterocycles. The summed E-state index contributed by atoms with van der Waals surface area (Å²) < 4.78 is 0. The van der Waals surface area contributed by atoms with E-state index in [1.807, 2.05) is 30.3 Å². The lowest BCUT2D eigenvalue weighted by molar-refractivity contribution is -0.192. The summed E-state index contributed by atoms with van der Waals surface area (Å²) in [5.41, 5.74) is 1.05. The molecule has 0 saturated carbocycles. The van der Waals surface area contributed by atoms with E-state index < -0.39 is 30.6 Å². The molecular weight excluding hydrogens is 274 g/mol. The molecule has 2 aliphatic rings. The number of aliphatic imine (C=N–C) groups is 1. The molecule has 0 unspecified atom stereocenters. The second kappa shape index (κ2) is 5.61. The number of fused-ring (bicyclic) bond motifs is 1. The number of hydrogen-bond donors (Lipinski definition) is 5. The fourth-order valence-electron chi connectivity index (χ4n) is 2.80. The van der Waals surface area contributed by atoms with Crippen molar-refractivity contribution in [2.24, 2.45) is 4.99 Å². The Hall–Kier alpha value is -1.67. The fraction of sp³-hybridized carbons (Fsp3) is 0.500. The van der Waals surface area contributed by atoms with Gasteiger partial charge in [0.1, 0.15) is 18.3 Å². The molecule has 5 N–H and O–H groups in total. The van der Waals surface area contributed by atoms with Gasteiger partial charge in [0.25, 0.3) is 0 Å². The van der Waals surface area contributed by atoms with Crippen LogP contribution in [0.15, 0.2) is 35.3 Å². The maximum Gasteiger partial charge on any atom is 0.196 e. The van der Waals surface area contributed by atoms with Gasteiger partial charge in [-0.25, -0.2) is 0 Å². The van der Waals surface area contributed by atoms with Crippen molar-refractivity contribution < 1.29 is 20.4 Å². The topological polar surface area (TPSA) is 109 Å². The Kier molecular flexibility index (Phi) is 3.81. The highest BCUT2D eigenvalue weighted by molar-refractivity contribution is 5.82. The van der Waals surface area contributed by atoms with Crippen molar-refractivity contribution in [1.29, 1.82) is 0 Å². The van der Waals surface area contributed by atoms with Crippen molar-refractivity contribution in [2.45, 2.75) is 37.1 Å². The molecule has 0 bridgehead atoms. The van der Waals surface area contributed by atoms with Gasteiger partial charge < -0.3 is 30.6 Å². The second-order valence-electron chi connectivity index (χ2n) is 5.36. The van der Waals surface area contributed by atoms with Crippen LogP contribution in [0, 0.1) is 0 Å². The lowest BCUT2D eigenvalue weighted by Crippen LogP contribution is -2.67. The number of benzene rings is 1. The highest BCUT2D eigenvalue weighted by Gasteiger charge is 2.50. The van der Waals surface area contributed by atoms with Crippen LogP contribution in [0.25, 0.3) is 0 Å². The highest BCUT2D eigenvalue weighted by atomic mass is 16.4. The normalized spacial score (nSPS) is 35.3. The molecule has 114 valence electrons. The largest absolute Gasteiger partial charge is 0.388 e. The van der Waals surface area contributed by atoms with Crippen LogP contribution < -0.4 is 5.32 Å². The van der Waals surface area contributed by atoms with Crippen LogP contribution in [-0.2, 0) is 6.54 Å². The van der Waals surface area contributed by atoms with Crippen molar-refractivity contribution in [2.75, 3.05) is 6.54 Å². The lowest BCUT2D eigenvalue weighted by atomic mass is 9.93. The molecule has 2 heterocycles. The molecule has 7 nitrogen and oxygen atoms in total.